The number of carbonyl (C=O) groups is 1. The van der Waals surface area contributed by atoms with E-state index in [4.69, 9.17) is 0 Å². The van der Waals surface area contributed by atoms with Gasteiger partial charge in [0.2, 0.25) is 0 Å². The monoisotopic (exact) mass is 337 g/mol. The van der Waals surface area contributed by atoms with Crippen molar-refractivity contribution in [1.82, 2.24) is 9.78 Å². The molecular weight excluding hydrogens is 322 g/mol. The van der Waals surface area contributed by atoms with Crippen molar-refractivity contribution < 1.29 is 9.90 Å². The zero-order chi connectivity index (χ0) is 14.9. The summed E-state index contributed by atoms with van der Waals surface area (Å²) in [6.45, 7) is 3.67. The average molecular weight is 338 g/mol. The van der Waals surface area contributed by atoms with Gasteiger partial charge in [-0.2, -0.15) is 5.10 Å². The second-order valence-corrected chi connectivity index (χ2v) is 5.57. The van der Waals surface area contributed by atoms with Crippen molar-refractivity contribution in [1.29, 1.82) is 0 Å². The smallest absolute Gasteiger partial charge is 0.341 e. The maximum absolute atomic E-state index is 11.3. The zero-order valence-electron chi connectivity index (χ0n) is 11.5. The first-order chi connectivity index (χ1) is 9.40. The number of nitrogens with one attached hydrogen (secondary N) is 1. The number of carboxylic acid groups (broad SMARTS) is 1. The molecule has 0 saturated carbocycles. The molecule has 1 atom stereocenters. The lowest BCUT2D eigenvalue weighted by Gasteiger charge is -2.16. The van der Waals surface area contributed by atoms with Gasteiger partial charge in [0.1, 0.15) is 11.4 Å². The molecule has 0 fully saturated rings. The highest BCUT2D eigenvalue weighted by molar-refractivity contribution is 9.10. The molecule has 2 aromatic rings. The van der Waals surface area contributed by atoms with E-state index in [9.17, 15) is 9.90 Å². The number of hydrogen-bond donors (Lipinski definition) is 2. The molecule has 0 amide bonds. The van der Waals surface area contributed by atoms with Crippen LogP contribution in [0.4, 0.5) is 5.82 Å². The molecule has 0 bridgehead atoms. The lowest BCUT2D eigenvalue weighted by molar-refractivity contribution is 0.0697. The van der Waals surface area contributed by atoms with Gasteiger partial charge in [-0.15, -0.1) is 0 Å². The molecule has 0 spiro atoms. The first kappa shape index (κ1) is 14.6. The second-order valence-electron chi connectivity index (χ2n) is 4.66. The highest BCUT2D eigenvalue weighted by Crippen LogP contribution is 2.25. The van der Waals surface area contributed by atoms with Crippen LogP contribution in [0.5, 0.6) is 0 Å². The summed E-state index contributed by atoms with van der Waals surface area (Å²) in [4.78, 5) is 11.3. The quantitative estimate of drug-likeness (QED) is 0.897. The van der Waals surface area contributed by atoms with E-state index < -0.39 is 5.97 Å². The Balaban J connectivity index is 2.33. The Morgan fingerprint density at radius 1 is 1.50 bits per heavy atom. The molecule has 1 aromatic carbocycles. The fourth-order valence-electron chi connectivity index (χ4n) is 2.14. The molecular formula is C14H16BrN3O2. The molecule has 0 aliphatic carbocycles. The molecule has 2 rings (SSSR count). The van der Waals surface area contributed by atoms with Gasteiger partial charge in [0.25, 0.3) is 0 Å². The van der Waals surface area contributed by atoms with Crippen LogP contribution in [0.3, 0.4) is 0 Å². The van der Waals surface area contributed by atoms with E-state index in [-0.39, 0.29) is 11.6 Å². The van der Waals surface area contributed by atoms with Crippen molar-refractivity contribution in [2.45, 2.75) is 19.9 Å². The number of nitrogens with zero attached hydrogens (tertiary/aromatic N) is 2. The lowest BCUT2D eigenvalue weighted by Crippen LogP contribution is -2.13. The maximum Gasteiger partial charge on any atom is 0.341 e. The number of aryl methyl sites for hydroxylation is 2. The Morgan fingerprint density at radius 3 is 2.80 bits per heavy atom. The van der Waals surface area contributed by atoms with Crippen LogP contribution in [0, 0.1) is 6.92 Å². The summed E-state index contributed by atoms with van der Waals surface area (Å²) in [6.07, 6.45) is 0. The van der Waals surface area contributed by atoms with Gasteiger partial charge in [0, 0.05) is 17.6 Å². The molecule has 2 N–H and O–H groups in total. The Kier molecular flexibility index (Phi) is 4.13. The van der Waals surface area contributed by atoms with Crippen LogP contribution >= 0.6 is 15.9 Å². The fraction of sp³-hybridized carbons (Fsp3) is 0.286. The molecule has 1 heterocycles. The third kappa shape index (κ3) is 2.85. The number of anilines is 1. The summed E-state index contributed by atoms with van der Waals surface area (Å²) >= 11 is 3.43. The predicted molar refractivity (Wildman–Crippen MR) is 81.1 cm³/mol. The van der Waals surface area contributed by atoms with Crippen molar-refractivity contribution in [2.24, 2.45) is 7.05 Å². The molecule has 5 nitrogen and oxygen atoms in total. The van der Waals surface area contributed by atoms with Gasteiger partial charge >= 0.3 is 5.97 Å². The van der Waals surface area contributed by atoms with Gasteiger partial charge in [-0.1, -0.05) is 28.1 Å². The lowest BCUT2D eigenvalue weighted by atomic mass is 10.1. The highest BCUT2D eigenvalue weighted by Gasteiger charge is 2.21. The Labute approximate surface area is 125 Å². The maximum atomic E-state index is 11.3. The molecule has 0 radical (unpaired) electrons. The van der Waals surface area contributed by atoms with Gasteiger partial charge in [-0.25, -0.2) is 4.79 Å². The van der Waals surface area contributed by atoms with Crippen LogP contribution < -0.4 is 5.32 Å². The zero-order valence-corrected chi connectivity index (χ0v) is 13.1. The van der Waals surface area contributed by atoms with Gasteiger partial charge in [-0.05, 0) is 31.5 Å². The Morgan fingerprint density at radius 2 is 2.20 bits per heavy atom. The predicted octanol–water partition coefficient (Wildman–Crippen LogP) is 3.36. The van der Waals surface area contributed by atoms with Crippen molar-refractivity contribution in [3.05, 3.63) is 45.6 Å². The largest absolute Gasteiger partial charge is 0.477 e. The number of carboxylic acids is 1. The SMILES string of the molecule is Cc1nn(C)c(NC(C)c2cccc(Br)c2)c1C(=O)O. The molecule has 0 aliphatic heterocycles. The van der Waals surface area contributed by atoms with Crippen molar-refractivity contribution in [3.63, 3.8) is 0 Å². The van der Waals surface area contributed by atoms with Gasteiger partial charge in [0.15, 0.2) is 0 Å². The van der Waals surface area contributed by atoms with E-state index >= 15 is 0 Å². The van der Waals surface area contributed by atoms with Crippen molar-refractivity contribution in [2.75, 3.05) is 5.32 Å². The molecule has 20 heavy (non-hydrogen) atoms. The second kappa shape index (κ2) is 5.66. The average Bonchev–Trinajstić information content (AvgIpc) is 2.64. The van der Waals surface area contributed by atoms with Crippen LogP contribution in [0.25, 0.3) is 0 Å². The minimum Gasteiger partial charge on any atom is -0.477 e. The molecule has 0 aliphatic rings. The number of rotatable bonds is 4. The van der Waals surface area contributed by atoms with Crippen LogP contribution in [-0.2, 0) is 7.05 Å². The molecule has 0 saturated heterocycles. The Hall–Kier alpha value is -1.82. The highest BCUT2D eigenvalue weighted by atomic mass is 79.9. The normalized spacial score (nSPS) is 12.2. The molecule has 106 valence electrons. The summed E-state index contributed by atoms with van der Waals surface area (Å²) in [5.74, 6) is -0.456. The third-order valence-corrected chi connectivity index (χ3v) is 3.63. The van der Waals surface area contributed by atoms with Gasteiger partial charge in [0.05, 0.1) is 5.69 Å². The summed E-state index contributed by atoms with van der Waals surface area (Å²) in [6, 6.07) is 7.87. The minimum atomic E-state index is -0.973. The minimum absolute atomic E-state index is 0.0274. The third-order valence-electron chi connectivity index (χ3n) is 3.14. The van der Waals surface area contributed by atoms with Gasteiger partial charge in [-0.3, -0.25) is 4.68 Å². The molecule has 1 unspecified atom stereocenters. The van der Waals surface area contributed by atoms with Gasteiger partial charge < -0.3 is 10.4 Å². The van der Waals surface area contributed by atoms with Crippen molar-refractivity contribution >= 4 is 27.7 Å². The Bertz CT molecular complexity index is 652. The topological polar surface area (TPSA) is 67.2 Å². The van der Waals surface area contributed by atoms with Crippen LogP contribution in [-0.4, -0.2) is 20.9 Å². The number of halogens is 1. The summed E-state index contributed by atoms with van der Waals surface area (Å²) in [7, 11) is 1.73. The van der Waals surface area contributed by atoms with E-state index in [0.717, 1.165) is 10.0 Å². The number of aromatic nitrogens is 2. The summed E-state index contributed by atoms with van der Waals surface area (Å²) < 4.78 is 2.55. The van der Waals surface area contributed by atoms with Crippen LogP contribution in [0.1, 0.15) is 34.6 Å². The molecule has 1 aromatic heterocycles. The van der Waals surface area contributed by atoms with E-state index in [1.807, 2.05) is 31.2 Å². The molecule has 6 heteroatoms. The van der Waals surface area contributed by atoms with E-state index in [0.29, 0.717) is 11.5 Å². The van der Waals surface area contributed by atoms with Crippen LogP contribution in [0.2, 0.25) is 0 Å². The number of aromatic carboxylic acids is 1. The van der Waals surface area contributed by atoms with E-state index in [1.54, 1.807) is 18.7 Å². The number of benzene rings is 1. The summed E-state index contributed by atoms with van der Waals surface area (Å²) in [5.41, 5.74) is 1.79. The van der Waals surface area contributed by atoms with E-state index in [2.05, 4.69) is 26.3 Å². The van der Waals surface area contributed by atoms with Crippen molar-refractivity contribution in [3.8, 4) is 0 Å². The number of hydrogen-bond acceptors (Lipinski definition) is 3. The van der Waals surface area contributed by atoms with Crippen LogP contribution in [0.15, 0.2) is 28.7 Å². The fourth-order valence-corrected chi connectivity index (χ4v) is 2.56. The van der Waals surface area contributed by atoms with E-state index in [1.165, 1.54) is 0 Å². The standard InChI is InChI=1S/C14H16BrN3O2/c1-8(10-5-4-6-11(15)7-10)16-13-12(14(19)20)9(2)17-18(13)3/h4-8,16H,1-3H3,(H,19,20). The first-order valence-electron chi connectivity index (χ1n) is 6.19. The summed E-state index contributed by atoms with van der Waals surface area (Å²) in [5, 5.41) is 16.7. The first-order valence-corrected chi connectivity index (χ1v) is 6.98.